The molecule has 1 spiro atoms. The van der Waals surface area contributed by atoms with Crippen molar-refractivity contribution < 1.29 is 14.7 Å². The summed E-state index contributed by atoms with van der Waals surface area (Å²) in [5.74, 6) is 0.633. The number of nitrogens with one attached hydrogen (secondary N) is 2. The molecule has 0 aliphatic carbocycles. The Balaban J connectivity index is 1.63. The molecule has 2 aromatic rings. The Labute approximate surface area is 214 Å². The van der Waals surface area contributed by atoms with Crippen molar-refractivity contribution in [1.82, 2.24) is 25.3 Å². The van der Waals surface area contributed by atoms with Crippen LogP contribution >= 0.6 is 0 Å². The molecule has 3 heterocycles. The van der Waals surface area contributed by atoms with Crippen molar-refractivity contribution in [2.75, 3.05) is 19.6 Å². The zero-order valence-electron chi connectivity index (χ0n) is 22.3. The molecule has 2 aliphatic heterocycles. The number of unbranched alkanes of at least 4 members (excludes halogenated alkanes) is 1. The molecule has 0 bridgehead atoms. The van der Waals surface area contributed by atoms with Crippen LogP contribution in [0.5, 0.6) is 5.75 Å². The number of carbonyl (C=O) groups excluding carboxylic acids is 2. The molecular weight excluding hydrogens is 454 g/mol. The number of hydrogen-bond acceptors (Lipinski definition) is 5. The number of rotatable bonds is 8. The van der Waals surface area contributed by atoms with Crippen LogP contribution < -0.4 is 5.32 Å². The molecule has 2 aliphatic rings. The number of nitrogens with zero attached hydrogens (tertiary/aromatic N) is 3. The predicted octanol–water partition coefficient (Wildman–Crippen LogP) is 3.83. The van der Waals surface area contributed by atoms with Crippen molar-refractivity contribution in [2.45, 2.75) is 84.3 Å². The number of phenolic OH excluding ortho intramolecular Hbond substituents is 1. The molecule has 8 heteroatoms. The molecule has 3 N–H and O–H groups in total. The fourth-order valence-corrected chi connectivity index (χ4v) is 5.98. The van der Waals surface area contributed by atoms with Gasteiger partial charge >= 0.3 is 0 Å². The number of amides is 2. The van der Waals surface area contributed by atoms with Crippen LogP contribution in [-0.4, -0.2) is 68.1 Å². The summed E-state index contributed by atoms with van der Waals surface area (Å²) in [7, 11) is 0. The van der Waals surface area contributed by atoms with E-state index in [0.717, 1.165) is 35.4 Å². The predicted molar refractivity (Wildman–Crippen MR) is 140 cm³/mol. The number of aromatic nitrogens is 2. The first-order valence-corrected chi connectivity index (χ1v) is 13.3. The van der Waals surface area contributed by atoms with Gasteiger partial charge in [0, 0.05) is 30.9 Å². The summed E-state index contributed by atoms with van der Waals surface area (Å²) < 4.78 is 0. The molecule has 36 heavy (non-hydrogen) atoms. The minimum Gasteiger partial charge on any atom is -0.508 e. The highest BCUT2D eigenvalue weighted by molar-refractivity contribution is 6.00. The number of phenols is 1. The maximum Gasteiger partial charge on any atom is 0.246 e. The molecule has 1 aromatic carbocycles. The number of piperidine rings is 1. The van der Waals surface area contributed by atoms with Gasteiger partial charge in [-0.3, -0.25) is 19.6 Å². The summed E-state index contributed by atoms with van der Waals surface area (Å²) >= 11 is 0. The van der Waals surface area contributed by atoms with E-state index in [0.29, 0.717) is 44.8 Å². The number of aryl methyl sites for hydroxylation is 2. The van der Waals surface area contributed by atoms with E-state index in [4.69, 9.17) is 0 Å². The largest absolute Gasteiger partial charge is 0.508 e. The van der Waals surface area contributed by atoms with Gasteiger partial charge in [0.15, 0.2) is 0 Å². The summed E-state index contributed by atoms with van der Waals surface area (Å²) in [6.07, 6.45) is 3.71. The third-order valence-electron chi connectivity index (χ3n) is 7.91. The first-order valence-electron chi connectivity index (χ1n) is 13.3. The molecule has 2 saturated heterocycles. The van der Waals surface area contributed by atoms with Crippen LogP contribution in [0.25, 0.3) is 0 Å². The van der Waals surface area contributed by atoms with E-state index in [9.17, 15) is 14.7 Å². The Bertz CT molecular complexity index is 1050. The van der Waals surface area contributed by atoms with E-state index >= 15 is 0 Å². The van der Waals surface area contributed by atoms with Crippen LogP contribution in [0.15, 0.2) is 24.3 Å². The number of aromatic amines is 1. The van der Waals surface area contributed by atoms with E-state index in [1.807, 2.05) is 30.9 Å². The number of carbonyl (C=O) groups is 2. The van der Waals surface area contributed by atoms with Crippen LogP contribution in [0.1, 0.15) is 81.4 Å². The highest BCUT2D eigenvalue weighted by atomic mass is 16.3. The second-order valence-electron chi connectivity index (χ2n) is 10.9. The van der Waals surface area contributed by atoms with Crippen LogP contribution in [0, 0.1) is 19.8 Å². The van der Waals surface area contributed by atoms with Gasteiger partial charge in [-0.25, -0.2) is 0 Å². The van der Waals surface area contributed by atoms with Crippen molar-refractivity contribution in [3.8, 4) is 5.75 Å². The van der Waals surface area contributed by atoms with E-state index in [-0.39, 0.29) is 23.6 Å². The molecule has 2 fully saturated rings. The van der Waals surface area contributed by atoms with E-state index in [1.54, 1.807) is 12.1 Å². The summed E-state index contributed by atoms with van der Waals surface area (Å²) in [5.41, 5.74) is 3.35. The van der Waals surface area contributed by atoms with Gasteiger partial charge in [-0.1, -0.05) is 39.3 Å². The molecule has 1 aromatic heterocycles. The van der Waals surface area contributed by atoms with Gasteiger partial charge in [-0.05, 0) is 63.1 Å². The second kappa shape index (κ2) is 10.6. The molecule has 0 saturated carbocycles. The maximum absolute atomic E-state index is 13.6. The Kier molecular flexibility index (Phi) is 7.73. The maximum atomic E-state index is 13.6. The zero-order valence-corrected chi connectivity index (χ0v) is 22.3. The number of aromatic hydroxyl groups is 1. The summed E-state index contributed by atoms with van der Waals surface area (Å²) in [6, 6.07) is 6.86. The molecule has 4 rings (SSSR count). The Morgan fingerprint density at radius 1 is 1.14 bits per heavy atom. The van der Waals surface area contributed by atoms with Crippen LogP contribution in [0.2, 0.25) is 0 Å². The Hall–Kier alpha value is -2.87. The van der Waals surface area contributed by atoms with Crippen molar-refractivity contribution >= 4 is 11.8 Å². The monoisotopic (exact) mass is 495 g/mol. The lowest BCUT2D eigenvalue weighted by Crippen LogP contribution is -2.73. The van der Waals surface area contributed by atoms with Crippen molar-refractivity contribution in [3.05, 3.63) is 46.8 Å². The Morgan fingerprint density at radius 3 is 2.36 bits per heavy atom. The normalized spacial score (nSPS) is 21.3. The standard InChI is InChI=1S/C28H41N5O3/c1-6-7-14-33-26(35)23(17-18(2)3)29-27(36)28(33)12-15-32(16-13-28)25(21-8-10-22(34)11-9-21)24-19(4)30-31-20(24)5/h8-11,18,23,25,34H,6-7,12-17H2,1-5H3,(H,29,36)(H,30,31)/t23-,25?/m0/s1. The van der Waals surface area contributed by atoms with E-state index in [2.05, 4.69) is 41.2 Å². The number of hydrogen-bond donors (Lipinski definition) is 3. The van der Waals surface area contributed by atoms with Gasteiger partial charge in [-0.15, -0.1) is 0 Å². The van der Waals surface area contributed by atoms with Crippen LogP contribution in [-0.2, 0) is 9.59 Å². The van der Waals surface area contributed by atoms with E-state index < -0.39 is 11.6 Å². The minimum atomic E-state index is -0.795. The fraction of sp³-hybridized carbons (Fsp3) is 0.607. The first-order chi connectivity index (χ1) is 17.2. The van der Waals surface area contributed by atoms with E-state index in [1.165, 1.54) is 0 Å². The average molecular weight is 496 g/mol. The van der Waals surface area contributed by atoms with Crippen molar-refractivity contribution in [2.24, 2.45) is 5.92 Å². The summed E-state index contributed by atoms with van der Waals surface area (Å²) in [4.78, 5) is 31.5. The highest BCUT2D eigenvalue weighted by Crippen LogP contribution is 2.40. The van der Waals surface area contributed by atoms with Gasteiger partial charge in [0.25, 0.3) is 0 Å². The fourth-order valence-electron chi connectivity index (χ4n) is 5.98. The molecular formula is C28H41N5O3. The zero-order chi connectivity index (χ0) is 26.0. The topological polar surface area (TPSA) is 102 Å². The molecule has 8 nitrogen and oxygen atoms in total. The number of H-pyrrole nitrogens is 1. The van der Waals surface area contributed by atoms with Crippen molar-refractivity contribution in [3.63, 3.8) is 0 Å². The van der Waals surface area contributed by atoms with Gasteiger partial charge in [0.05, 0.1) is 11.7 Å². The van der Waals surface area contributed by atoms with Gasteiger partial charge in [0.1, 0.15) is 17.3 Å². The third-order valence-corrected chi connectivity index (χ3v) is 7.91. The smallest absolute Gasteiger partial charge is 0.246 e. The average Bonchev–Trinajstić information content (AvgIpc) is 3.17. The van der Waals surface area contributed by atoms with Gasteiger partial charge in [-0.2, -0.15) is 5.10 Å². The second-order valence-corrected chi connectivity index (χ2v) is 10.9. The van der Waals surface area contributed by atoms with Gasteiger partial charge < -0.3 is 15.3 Å². The lowest BCUT2D eigenvalue weighted by atomic mass is 9.79. The SMILES string of the molecule is CCCCN1C(=O)[C@H](CC(C)C)NC(=O)C12CCN(C(c1ccc(O)cc1)c1c(C)n[nH]c1C)CC2. The van der Waals surface area contributed by atoms with Crippen molar-refractivity contribution in [1.29, 1.82) is 0 Å². The lowest BCUT2D eigenvalue weighted by Gasteiger charge is -2.52. The third kappa shape index (κ3) is 4.88. The molecule has 2 amide bonds. The Morgan fingerprint density at radius 2 is 1.81 bits per heavy atom. The number of likely N-dealkylation sites (tertiary alicyclic amines) is 1. The number of benzene rings is 1. The summed E-state index contributed by atoms with van der Waals surface area (Å²) in [5, 5.41) is 20.5. The summed E-state index contributed by atoms with van der Waals surface area (Å²) in [6.45, 7) is 12.3. The number of piperazine rings is 1. The molecule has 196 valence electrons. The first kappa shape index (κ1) is 26.2. The van der Waals surface area contributed by atoms with Crippen LogP contribution in [0.3, 0.4) is 0 Å². The highest BCUT2D eigenvalue weighted by Gasteiger charge is 2.54. The molecule has 2 atom stereocenters. The van der Waals surface area contributed by atoms with Gasteiger partial charge in [0.2, 0.25) is 11.8 Å². The van der Waals surface area contributed by atoms with Crippen LogP contribution in [0.4, 0.5) is 0 Å². The molecule has 1 unspecified atom stereocenters. The minimum absolute atomic E-state index is 0.000332. The lowest BCUT2D eigenvalue weighted by molar-refractivity contribution is -0.162. The molecule has 0 radical (unpaired) electrons. The quantitative estimate of drug-likeness (QED) is 0.517.